The third-order valence-corrected chi connectivity index (χ3v) is 5.70. The van der Waals surface area contributed by atoms with Crippen molar-refractivity contribution in [3.05, 3.63) is 107 Å². The molecule has 0 aliphatic heterocycles. The van der Waals surface area contributed by atoms with Gasteiger partial charge in [0.15, 0.2) is 5.43 Å². The maximum atomic E-state index is 12.5. The number of carbonyl (C=O) groups is 2. The number of carboxylic acid groups (broad SMARTS) is 2. The second-order valence-corrected chi connectivity index (χ2v) is 8.78. The van der Waals surface area contributed by atoms with Gasteiger partial charge in [0.1, 0.15) is 35.6 Å². The fourth-order valence-electron chi connectivity index (χ4n) is 3.66. The van der Waals surface area contributed by atoms with Crippen LogP contribution in [0.4, 0.5) is 0 Å². The van der Waals surface area contributed by atoms with Crippen LogP contribution in [0.5, 0.6) is 11.5 Å². The lowest BCUT2D eigenvalue weighted by Crippen LogP contribution is -2.32. The van der Waals surface area contributed by atoms with E-state index in [-0.39, 0.29) is 12.0 Å². The molecule has 0 aliphatic carbocycles. The number of nitrogens with one attached hydrogen (secondary N) is 1. The molecule has 0 spiro atoms. The zero-order valence-corrected chi connectivity index (χ0v) is 22.4. The number of hydrogen-bond acceptors (Lipinski definition) is 8. The van der Waals surface area contributed by atoms with Crippen molar-refractivity contribution in [2.45, 2.75) is 12.5 Å². The maximum absolute atomic E-state index is 12.5. The molecule has 214 valence electrons. The first-order valence-electron chi connectivity index (χ1n) is 12.7. The van der Waals surface area contributed by atoms with Gasteiger partial charge in [0.2, 0.25) is 0 Å². The summed E-state index contributed by atoms with van der Waals surface area (Å²) in [5.74, 6) is -0.636. The van der Waals surface area contributed by atoms with Gasteiger partial charge >= 0.3 is 11.9 Å². The van der Waals surface area contributed by atoms with Crippen molar-refractivity contribution in [3.63, 3.8) is 0 Å². The van der Waals surface area contributed by atoms with Crippen molar-refractivity contribution in [1.82, 2.24) is 5.32 Å². The number of benzene rings is 3. The largest absolute Gasteiger partial charge is 0.497 e. The number of aliphatic hydroxyl groups is 1. The van der Waals surface area contributed by atoms with E-state index in [1.807, 2.05) is 54.6 Å². The molecule has 4 rings (SSSR count). The van der Waals surface area contributed by atoms with Crippen LogP contribution in [0.15, 0.2) is 100 Å². The first kappa shape index (κ1) is 30.6. The second kappa shape index (κ2) is 15.6. The number of hydrogen-bond donors (Lipinski definition) is 4. The predicted octanol–water partition coefficient (Wildman–Crippen LogP) is 3.75. The van der Waals surface area contributed by atoms with Crippen molar-refractivity contribution in [3.8, 4) is 22.8 Å². The lowest BCUT2D eigenvalue weighted by atomic mass is 10.1. The minimum Gasteiger partial charge on any atom is -0.497 e. The number of aliphatic carboxylic acids is 2. The summed E-state index contributed by atoms with van der Waals surface area (Å²) in [6.45, 7) is 1.29. The molecule has 0 saturated carbocycles. The van der Waals surface area contributed by atoms with E-state index in [4.69, 9.17) is 24.1 Å². The molecule has 4 N–H and O–H groups in total. The topological polar surface area (TPSA) is 156 Å². The predicted molar refractivity (Wildman–Crippen MR) is 153 cm³/mol. The van der Waals surface area contributed by atoms with Gasteiger partial charge in [-0.2, -0.15) is 0 Å². The molecule has 1 unspecified atom stereocenters. The summed E-state index contributed by atoms with van der Waals surface area (Å²) >= 11 is 0. The van der Waals surface area contributed by atoms with Crippen molar-refractivity contribution >= 4 is 22.9 Å². The Morgan fingerprint density at radius 3 is 2.22 bits per heavy atom. The fourth-order valence-corrected chi connectivity index (χ4v) is 3.66. The Morgan fingerprint density at radius 2 is 1.59 bits per heavy atom. The van der Waals surface area contributed by atoms with Crippen molar-refractivity contribution in [2.75, 3.05) is 26.8 Å². The molecule has 0 fully saturated rings. The molecule has 41 heavy (non-hydrogen) atoms. The molecule has 1 aromatic heterocycles. The van der Waals surface area contributed by atoms with Crippen molar-refractivity contribution < 1.29 is 38.8 Å². The van der Waals surface area contributed by atoms with Gasteiger partial charge in [-0.15, -0.1) is 0 Å². The zero-order valence-electron chi connectivity index (χ0n) is 22.4. The normalized spacial score (nSPS) is 11.5. The Bertz CT molecular complexity index is 1500. The SMILES string of the molecule is COc1ccc(CCNCC(O)COc2ccc3c(=O)cc(-c4ccccc4)oc3c2)cc1.O=C(O)/C=C\C(=O)O. The summed E-state index contributed by atoms with van der Waals surface area (Å²) in [6.07, 6.45) is 1.30. The lowest BCUT2D eigenvalue weighted by Gasteiger charge is -2.14. The average Bonchev–Trinajstić information content (AvgIpc) is 2.98. The molecular formula is C31H31NO9. The van der Waals surface area contributed by atoms with Crippen molar-refractivity contribution in [2.24, 2.45) is 0 Å². The van der Waals surface area contributed by atoms with Crippen LogP contribution in [0.1, 0.15) is 5.56 Å². The summed E-state index contributed by atoms with van der Waals surface area (Å²) in [5.41, 5.74) is 2.37. The van der Waals surface area contributed by atoms with Crippen LogP contribution in [0.3, 0.4) is 0 Å². The monoisotopic (exact) mass is 561 g/mol. The van der Waals surface area contributed by atoms with Gasteiger partial charge in [0, 0.05) is 36.4 Å². The highest BCUT2D eigenvalue weighted by Crippen LogP contribution is 2.25. The van der Waals surface area contributed by atoms with Crippen LogP contribution in [-0.2, 0) is 16.0 Å². The summed E-state index contributed by atoms with van der Waals surface area (Å²) in [7, 11) is 1.65. The van der Waals surface area contributed by atoms with Gasteiger partial charge in [-0.25, -0.2) is 9.59 Å². The number of ether oxygens (including phenoxy) is 2. The molecule has 1 heterocycles. The van der Waals surface area contributed by atoms with Gasteiger partial charge in [-0.3, -0.25) is 4.79 Å². The molecule has 0 aliphatic rings. The molecule has 1 atom stereocenters. The first-order valence-corrected chi connectivity index (χ1v) is 12.7. The number of aliphatic hydroxyl groups excluding tert-OH is 1. The first-order chi connectivity index (χ1) is 19.7. The minimum atomic E-state index is -1.26. The van der Waals surface area contributed by atoms with E-state index in [1.54, 1.807) is 25.3 Å². The van der Waals surface area contributed by atoms with Crippen LogP contribution < -0.4 is 20.2 Å². The summed E-state index contributed by atoms with van der Waals surface area (Å²) < 4.78 is 16.8. The Kier molecular flexibility index (Phi) is 11.7. The molecule has 3 aromatic carbocycles. The van der Waals surface area contributed by atoms with Crippen LogP contribution in [0, 0.1) is 0 Å². The van der Waals surface area contributed by atoms with E-state index >= 15 is 0 Å². The highest BCUT2D eigenvalue weighted by molar-refractivity contribution is 5.89. The zero-order chi connectivity index (χ0) is 29.6. The van der Waals surface area contributed by atoms with Crippen molar-refractivity contribution in [1.29, 1.82) is 0 Å². The molecule has 0 amide bonds. The highest BCUT2D eigenvalue weighted by atomic mass is 16.5. The molecule has 10 heteroatoms. The van der Waals surface area contributed by atoms with Crippen LogP contribution in [0.2, 0.25) is 0 Å². The van der Waals surface area contributed by atoms with Gasteiger partial charge in [-0.05, 0) is 42.8 Å². The summed E-state index contributed by atoms with van der Waals surface area (Å²) in [4.78, 5) is 31.6. The fraction of sp³-hybridized carbons (Fsp3) is 0.194. The Labute approximate surface area is 236 Å². The van der Waals surface area contributed by atoms with Gasteiger partial charge < -0.3 is 34.5 Å². The van der Waals surface area contributed by atoms with E-state index in [0.29, 0.717) is 41.2 Å². The maximum Gasteiger partial charge on any atom is 0.328 e. The molecule has 4 aromatic rings. The van der Waals surface area contributed by atoms with E-state index in [2.05, 4.69) is 5.32 Å². The third-order valence-electron chi connectivity index (χ3n) is 5.70. The molecule has 0 bridgehead atoms. The molecule has 0 saturated heterocycles. The Morgan fingerprint density at radius 1 is 0.927 bits per heavy atom. The Hall–Kier alpha value is -4.93. The standard InChI is InChI=1S/C27H27NO5.C4H4O4/c1-31-22-9-7-19(8-10-22)13-14-28-17-21(29)18-32-23-11-12-24-25(30)16-26(33-27(24)15-23)20-5-3-2-4-6-20;5-3(6)1-2-4(7)8/h2-12,15-16,21,28-29H,13-14,17-18H2,1H3;1-2H,(H,5,6)(H,7,8)/b;2-1-. The number of methoxy groups -OCH3 is 1. The second-order valence-electron chi connectivity index (χ2n) is 8.78. The number of carboxylic acids is 2. The number of rotatable bonds is 12. The quantitative estimate of drug-likeness (QED) is 0.148. The minimum absolute atomic E-state index is 0.109. The van der Waals surface area contributed by atoms with E-state index < -0.39 is 18.0 Å². The number of fused-ring (bicyclic) bond motifs is 1. The Balaban J connectivity index is 0.000000507. The van der Waals surface area contributed by atoms with Crippen LogP contribution in [-0.4, -0.2) is 60.2 Å². The van der Waals surface area contributed by atoms with Crippen LogP contribution >= 0.6 is 0 Å². The smallest absolute Gasteiger partial charge is 0.328 e. The van der Waals surface area contributed by atoms with E-state index in [1.165, 1.54) is 11.6 Å². The lowest BCUT2D eigenvalue weighted by molar-refractivity contribution is -0.134. The molecule has 10 nitrogen and oxygen atoms in total. The van der Waals surface area contributed by atoms with Gasteiger partial charge in [0.25, 0.3) is 0 Å². The molecule has 0 radical (unpaired) electrons. The summed E-state index contributed by atoms with van der Waals surface area (Å²) in [6, 6.07) is 24.0. The molecular weight excluding hydrogens is 530 g/mol. The van der Waals surface area contributed by atoms with Crippen LogP contribution in [0.25, 0.3) is 22.3 Å². The average molecular weight is 562 g/mol. The van der Waals surface area contributed by atoms with Gasteiger partial charge in [0.05, 0.1) is 12.5 Å². The third kappa shape index (κ3) is 10.3. The van der Waals surface area contributed by atoms with E-state index in [0.717, 1.165) is 24.3 Å². The summed E-state index contributed by atoms with van der Waals surface area (Å²) in [5, 5.41) is 29.6. The van der Waals surface area contributed by atoms with E-state index in [9.17, 15) is 19.5 Å². The highest BCUT2D eigenvalue weighted by Gasteiger charge is 2.10. The van der Waals surface area contributed by atoms with Gasteiger partial charge in [-0.1, -0.05) is 42.5 Å².